The van der Waals surface area contributed by atoms with Gasteiger partial charge < -0.3 is 10.1 Å². The van der Waals surface area contributed by atoms with E-state index in [4.69, 9.17) is 11.6 Å². The van der Waals surface area contributed by atoms with Crippen LogP contribution in [0.15, 0.2) is 42.7 Å². The Morgan fingerprint density at radius 3 is 2.77 bits per heavy atom. The Kier molecular flexibility index (Phi) is 4.49. The van der Waals surface area contributed by atoms with Gasteiger partial charge in [0.1, 0.15) is 0 Å². The van der Waals surface area contributed by atoms with Crippen LogP contribution < -0.4 is 10.6 Å². The molecule has 1 aromatic carbocycles. The van der Waals surface area contributed by atoms with Gasteiger partial charge in [-0.25, -0.2) is 4.79 Å². The summed E-state index contributed by atoms with van der Waals surface area (Å²) in [6.45, 7) is -1.02. The molecule has 1 aromatic heterocycles. The van der Waals surface area contributed by atoms with E-state index < -0.39 is 35.9 Å². The van der Waals surface area contributed by atoms with Crippen LogP contribution in [0.1, 0.15) is 15.9 Å². The maximum Gasteiger partial charge on any atom is 0.434 e. The van der Waals surface area contributed by atoms with Gasteiger partial charge in [0.25, 0.3) is 11.5 Å². The van der Waals surface area contributed by atoms with Gasteiger partial charge in [-0.05, 0) is 30.3 Å². The molecule has 1 unspecified atom stereocenters. The highest BCUT2D eigenvalue weighted by Crippen LogP contribution is 2.47. The summed E-state index contributed by atoms with van der Waals surface area (Å²) in [5.74, 6) is -0.792. The molecule has 2 amide bonds. The first-order valence-electron chi connectivity index (χ1n) is 7.28. The van der Waals surface area contributed by atoms with E-state index >= 15 is 0 Å². The van der Waals surface area contributed by atoms with Crippen molar-refractivity contribution in [3.8, 4) is 0 Å². The molecule has 10 heteroatoms. The van der Waals surface area contributed by atoms with Crippen LogP contribution in [0.3, 0.4) is 0 Å². The number of nitrogens with zero attached hydrogens (tertiary/aromatic N) is 1. The average molecular weight is 386 g/mol. The summed E-state index contributed by atoms with van der Waals surface area (Å²) in [6.07, 6.45) is -3.67. The number of aromatic nitrogens is 1. The number of amides is 2. The van der Waals surface area contributed by atoms with E-state index in [-0.39, 0.29) is 16.3 Å². The minimum Gasteiger partial charge on any atom is -0.426 e. The number of cyclic esters (lactones) is 1. The third-order valence-corrected chi connectivity index (χ3v) is 4.03. The highest BCUT2D eigenvalue weighted by atomic mass is 35.5. The number of pyridine rings is 1. The molecule has 2 heterocycles. The Balaban J connectivity index is 2.00. The van der Waals surface area contributed by atoms with Crippen molar-refractivity contribution >= 4 is 29.3 Å². The topological polar surface area (TPSA) is 80.3 Å². The molecule has 1 atom stereocenters. The van der Waals surface area contributed by atoms with E-state index in [0.717, 1.165) is 6.07 Å². The summed E-state index contributed by atoms with van der Waals surface area (Å²) in [4.78, 5) is 27.5. The molecule has 0 spiro atoms. The summed E-state index contributed by atoms with van der Waals surface area (Å²) in [5.41, 5.74) is -3.51. The number of hydrogen-bond donors (Lipinski definition) is 2. The van der Waals surface area contributed by atoms with Gasteiger partial charge in [0, 0.05) is 23.0 Å². The second-order valence-electron chi connectivity index (χ2n) is 5.45. The predicted octanol–water partition coefficient (Wildman–Crippen LogP) is 3.48. The Hall–Kier alpha value is -2.81. The molecule has 1 aliphatic heterocycles. The number of nitrogens with one attached hydrogen (secondary N) is 2. The summed E-state index contributed by atoms with van der Waals surface area (Å²) in [7, 11) is 0. The molecule has 136 valence electrons. The van der Waals surface area contributed by atoms with E-state index in [1.807, 2.05) is 0 Å². The number of fused-ring (bicyclic) bond motifs is 1. The zero-order chi connectivity index (χ0) is 18.9. The second-order valence-corrected chi connectivity index (χ2v) is 5.89. The maximum atomic E-state index is 13.9. The average Bonchev–Trinajstić information content (AvgIpc) is 2.59. The maximum absolute atomic E-state index is 13.9. The number of halogens is 4. The molecule has 0 radical (unpaired) electrons. The van der Waals surface area contributed by atoms with Gasteiger partial charge in [-0.15, -0.1) is 0 Å². The van der Waals surface area contributed by atoms with Crippen LogP contribution in [0.5, 0.6) is 0 Å². The van der Waals surface area contributed by atoms with E-state index in [1.165, 1.54) is 36.7 Å². The molecular weight excluding hydrogens is 375 g/mol. The molecule has 0 saturated carbocycles. The van der Waals surface area contributed by atoms with Crippen molar-refractivity contribution < 1.29 is 27.5 Å². The Bertz CT molecular complexity index is 861. The standard InChI is InChI=1S/C16H11ClF3N3O3/c17-10-3-4-12-11(6-10)15(16(18,19)20,26-14(25)23-12)8-22-13(24)9-2-1-5-21-7-9/h1-7H,8H2,(H,22,24)(H,23,25). The van der Waals surface area contributed by atoms with Gasteiger partial charge >= 0.3 is 12.3 Å². The fourth-order valence-electron chi connectivity index (χ4n) is 2.55. The molecule has 0 bridgehead atoms. The predicted molar refractivity (Wildman–Crippen MR) is 85.9 cm³/mol. The van der Waals surface area contributed by atoms with Crippen LogP contribution in [0, 0.1) is 0 Å². The molecule has 0 saturated heterocycles. The number of rotatable bonds is 3. The smallest absolute Gasteiger partial charge is 0.426 e. The number of carbonyl (C=O) groups is 2. The Morgan fingerprint density at radius 2 is 2.12 bits per heavy atom. The van der Waals surface area contributed by atoms with Crippen LogP contribution in [-0.4, -0.2) is 29.7 Å². The normalized spacial score (nSPS) is 19.2. The fourth-order valence-corrected chi connectivity index (χ4v) is 2.73. The SMILES string of the molecule is O=C1Nc2ccc(Cl)cc2C(CNC(=O)c2cccnc2)(C(F)(F)F)O1. The lowest BCUT2D eigenvalue weighted by Gasteiger charge is -2.39. The van der Waals surface area contributed by atoms with E-state index in [2.05, 4.69) is 20.4 Å². The molecule has 26 heavy (non-hydrogen) atoms. The molecule has 2 aromatic rings. The van der Waals surface area contributed by atoms with Gasteiger partial charge in [-0.2, -0.15) is 13.2 Å². The minimum atomic E-state index is -5.01. The largest absolute Gasteiger partial charge is 0.434 e. The van der Waals surface area contributed by atoms with Gasteiger partial charge in [0.2, 0.25) is 0 Å². The first-order chi connectivity index (χ1) is 12.2. The van der Waals surface area contributed by atoms with E-state index in [9.17, 15) is 22.8 Å². The first kappa shape index (κ1) is 18.0. The number of hydrogen-bond acceptors (Lipinski definition) is 4. The van der Waals surface area contributed by atoms with Crippen molar-refractivity contribution in [1.82, 2.24) is 10.3 Å². The number of carbonyl (C=O) groups excluding carboxylic acids is 2. The number of benzene rings is 1. The molecule has 0 aliphatic carbocycles. The minimum absolute atomic E-state index is 0.0238. The lowest BCUT2D eigenvalue weighted by molar-refractivity contribution is -0.261. The van der Waals surface area contributed by atoms with Crippen molar-refractivity contribution in [3.63, 3.8) is 0 Å². The molecule has 3 rings (SSSR count). The summed E-state index contributed by atoms with van der Waals surface area (Å²) < 4.78 is 46.4. The quantitative estimate of drug-likeness (QED) is 0.847. The third kappa shape index (κ3) is 3.17. The monoisotopic (exact) mass is 385 g/mol. The summed E-state index contributed by atoms with van der Waals surface area (Å²) in [6, 6.07) is 6.47. The molecular formula is C16H11ClF3N3O3. The van der Waals surface area contributed by atoms with Crippen LogP contribution in [-0.2, 0) is 10.3 Å². The van der Waals surface area contributed by atoms with Crippen molar-refractivity contribution in [3.05, 3.63) is 58.9 Å². The van der Waals surface area contributed by atoms with Gasteiger partial charge in [-0.3, -0.25) is 15.1 Å². The third-order valence-electron chi connectivity index (χ3n) is 3.80. The van der Waals surface area contributed by atoms with Crippen LogP contribution in [0.2, 0.25) is 5.02 Å². The zero-order valence-electron chi connectivity index (χ0n) is 12.9. The second kappa shape index (κ2) is 6.49. The molecule has 6 nitrogen and oxygen atoms in total. The zero-order valence-corrected chi connectivity index (χ0v) is 13.7. The van der Waals surface area contributed by atoms with Gasteiger partial charge in [0.05, 0.1) is 17.8 Å². The molecule has 1 aliphatic rings. The van der Waals surface area contributed by atoms with E-state index in [0.29, 0.717) is 0 Å². The fraction of sp³-hybridized carbons (Fsp3) is 0.188. The van der Waals surface area contributed by atoms with Crippen molar-refractivity contribution in [2.24, 2.45) is 0 Å². The van der Waals surface area contributed by atoms with E-state index in [1.54, 1.807) is 0 Å². The lowest BCUT2D eigenvalue weighted by Crippen LogP contribution is -2.56. The lowest BCUT2D eigenvalue weighted by atomic mass is 9.89. The Morgan fingerprint density at radius 1 is 1.35 bits per heavy atom. The Labute approximate surface area is 150 Å². The number of ether oxygens (including phenoxy) is 1. The number of anilines is 1. The van der Waals surface area contributed by atoms with Crippen molar-refractivity contribution in [2.75, 3.05) is 11.9 Å². The van der Waals surface area contributed by atoms with Crippen LogP contribution in [0.4, 0.5) is 23.7 Å². The van der Waals surface area contributed by atoms with Gasteiger partial charge in [-0.1, -0.05) is 11.6 Å². The highest BCUT2D eigenvalue weighted by molar-refractivity contribution is 6.30. The molecule has 0 fully saturated rings. The number of alkyl halides is 3. The summed E-state index contributed by atoms with van der Waals surface area (Å²) >= 11 is 5.82. The van der Waals surface area contributed by atoms with Crippen molar-refractivity contribution in [2.45, 2.75) is 11.8 Å². The van der Waals surface area contributed by atoms with Crippen LogP contribution >= 0.6 is 11.6 Å². The first-order valence-corrected chi connectivity index (χ1v) is 7.66. The van der Waals surface area contributed by atoms with Gasteiger partial charge in [0.15, 0.2) is 0 Å². The molecule has 2 N–H and O–H groups in total. The van der Waals surface area contributed by atoms with Crippen molar-refractivity contribution in [1.29, 1.82) is 0 Å². The van der Waals surface area contributed by atoms with Crippen LogP contribution in [0.25, 0.3) is 0 Å². The summed E-state index contributed by atoms with van der Waals surface area (Å²) in [5, 5.41) is 4.36. The highest BCUT2D eigenvalue weighted by Gasteiger charge is 2.62.